The third-order valence-corrected chi connectivity index (χ3v) is 4.46. The number of nitrogens with zero attached hydrogens (tertiary/aromatic N) is 2. The number of hydrogen-bond donors (Lipinski definition) is 1. The number of carbonyl (C=O) groups is 2. The fourth-order valence-electron chi connectivity index (χ4n) is 2.88. The summed E-state index contributed by atoms with van der Waals surface area (Å²) in [7, 11) is 1.44. The Morgan fingerprint density at radius 2 is 1.69 bits per heavy atom. The monoisotopic (exact) mass is 372 g/mol. The van der Waals surface area contributed by atoms with Crippen LogP contribution in [0.4, 0.5) is 5.69 Å². The summed E-state index contributed by atoms with van der Waals surface area (Å²) in [5.41, 5.74) is 0.633. The lowest BCUT2D eigenvalue weighted by Gasteiger charge is -2.20. The van der Waals surface area contributed by atoms with E-state index in [0.29, 0.717) is 16.1 Å². The number of carbonyl (C=O) groups excluding carboxylic acids is 2. The number of likely N-dealkylation sites (N-methyl/N-ethyl adjacent to an activating group) is 1. The summed E-state index contributed by atoms with van der Waals surface area (Å²) in [5, 5.41) is 21.9. The van der Waals surface area contributed by atoms with E-state index in [1.165, 1.54) is 48.3 Å². The highest BCUT2D eigenvalue weighted by molar-refractivity contribution is 6.46. The van der Waals surface area contributed by atoms with Crippen molar-refractivity contribution in [2.45, 2.75) is 6.04 Å². The van der Waals surface area contributed by atoms with Crippen LogP contribution in [-0.2, 0) is 9.59 Å². The van der Waals surface area contributed by atoms with Crippen LogP contribution in [0.1, 0.15) is 17.2 Å². The van der Waals surface area contributed by atoms with Crippen molar-refractivity contribution in [3.8, 4) is 0 Å². The fourth-order valence-corrected chi connectivity index (χ4v) is 3.01. The highest BCUT2D eigenvalue weighted by atomic mass is 35.5. The summed E-state index contributed by atoms with van der Waals surface area (Å²) in [6.45, 7) is 0. The van der Waals surface area contributed by atoms with Gasteiger partial charge in [-0.05, 0) is 42.0 Å². The SMILES string of the molecule is CN1C(=O)C(=O)C(=C(O)c2ccc(Cl)cc2)[C@@H]1c1ccc([N+](=O)[O-])cc1. The zero-order valence-electron chi connectivity index (χ0n) is 13.5. The molecule has 0 aliphatic carbocycles. The van der Waals surface area contributed by atoms with E-state index in [1.807, 2.05) is 0 Å². The predicted octanol–water partition coefficient (Wildman–Crippen LogP) is 3.30. The Balaban J connectivity index is 2.13. The molecule has 1 aliphatic heterocycles. The van der Waals surface area contributed by atoms with Gasteiger partial charge in [-0.1, -0.05) is 11.6 Å². The molecule has 0 spiro atoms. The summed E-state index contributed by atoms with van der Waals surface area (Å²) in [6.07, 6.45) is 0. The van der Waals surface area contributed by atoms with Crippen LogP contribution in [0.15, 0.2) is 54.1 Å². The molecule has 2 aromatic rings. The second-order valence-corrected chi connectivity index (χ2v) is 6.20. The molecule has 1 N–H and O–H groups in total. The average molecular weight is 373 g/mol. The number of likely N-dealkylation sites (tertiary alicyclic amines) is 1. The average Bonchev–Trinajstić information content (AvgIpc) is 2.86. The van der Waals surface area contributed by atoms with Gasteiger partial charge in [-0.25, -0.2) is 0 Å². The number of benzene rings is 2. The Bertz CT molecular complexity index is 935. The molecule has 1 amide bonds. The molecule has 1 heterocycles. The van der Waals surface area contributed by atoms with E-state index in [4.69, 9.17) is 11.6 Å². The van der Waals surface area contributed by atoms with Gasteiger partial charge in [0.2, 0.25) is 0 Å². The number of non-ortho nitro benzene ring substituents is 1. The standard InChI is InChI=1S/C18H13ClN2O5/c1-20-15(10-4-8-13(9-5-10)21(25)26)14(17(23)18(20)24)16(22)11-2-6-12(19)7-3-11/h2-9,15,22H,1H3/t15-/m0/s1. The first kappa shape index (κ1) is 17.6. The number of amides is 1. The van der Waals surface area contributed by atoms with Gasteiger partial charge >= 0.3 is 0 Å². The normalized spacial score (nSPS) is 19.0. The molecule has 0 saturated carbocycles. The number of aliphatic hydroxyl groups excluding tert-OH is 1. The van der Waals surface area contributed by atoms with Crippen molar-refractivity contribution >= 4 is 34.7 Å². The molecule has 1 aliphatic rings. The van der Waals surface area contributed by atoms with Crippen molar-refractivity contribution in [3.05, 3.63) is 80.4 Å². The van der Waals surface area contributed by atoms with E-state index in [2.05, 4.69) is 0 Å². The number of ketones is 1. The van der Waals surface area contributed by atoms with E-state index in [-0.39, 0.29) is 17.0 Å². The number of hydrogen-bond acceptors (Lipinski definition) is 5. The van der Waals surface area contributed by atoms with Gasteiger partial charge in [0, 0.05) is 29.8 Å². The van der Waals surface area contributed by atoms with Gasteiger partial charge in [0.15, 0.2) is 0 Å². The molecule has 0 radical (unpaired) electrons. The molecule has 0 aromatic heterocycles. The number of aliphatic hydroxyl groups is 1. The van der Waals surface area contributed by atoms with Crippen LogP contribution in [0.2, 0.25) is 5.02 Å². The van der Waals surface area contributed by atoms with Gasteiger partial charge in [-0.15, -0.1) is 0 Å². The molecule has 0 unspecified atom stereocenters. The Hall–Kier alpha value is -3.19. The van der Waals surface area contributed by atoms with Crippen molar-refractivity contribution in [2.75, 3.05) is 7.05 Å². The summed E-state index contributed by atoms with van der Waals surface area (Å²) < 4.78 is 0. The molecule has 1 atom stereocenters. The molecule has 8 heteroatoms. The Morgan fingerprint density at radius 3 is 2.23 bits per heavy atom. The molecule has 2 aromatic carbocycles. The van der Waals surface area contributed by atoms with Crippen molar-refractivity contribution in [1.29, 1.82) is 0 Å². The maximum absolute atomic E-state index is 12.4. The first-order valence-corrected chi connectivity index (χ1v) is 7.94. The summed E-state index contributed by atoms with van der Waals surface area (Å²) in [5.74, 6) is -1.90. The van der Waals surface area contributed by atoms with Gasteiger partial charge in [0.25, 0.3) is 17.4 Å². The van der Waals surface area contributed by atoms with Gasteiger partial charge in [0.05, 0.1) is 16.5 Å². The van der Waals surface area contributed by atoms with Crippen LogP contribution in [0.25, 0.3) is 5.76 Å². The van der Waals surface area contributed by atoms with E-state index in [9.17, 15) is 24.8 Å². The largest absolute Gasteiger partial charge is 0.507 e. The Labute approximate surface area is 153 Å². The summed E-state index contributed by atoms with van der Waals surface area (Å²) in [6, 6.07) is 10.8. The maximum atomic E-state index is 12.4. The van der Waals surface area contributed by atoms with Gasteiger partial charge in [-0.3, -0.25) is 19.7 Å². The zero-order chi connectivity index (χ0) is 19.0. The third-order valence-electron chi connectivity index (χ3n) is 4.21. The van der Waals surface area contributed by atoms with Crippen LogP contribution < -0.4 is 0 Å². The molecule has 132 valence electrons. The molecule has 0 bridgehead atoms. The number of halogens is 1. The van der Waals surface area contributed by atoms with Crippen molar-refractivity contribution in [3.63, 3.8) is 0 Å². The minimum absolute atomic E-state index is 0.0753. The van der Waals surface area contributed by atoms with Crippen LogP contribution in [0.5, 0.6) is 0 Å². The molecular weight excluding hydrogens is 360 g/mol. The number of nitro benzene ring substituents is 1. The van der Waals surface area contributed by atoms with Crippen LogP contribution in [-0.4, -0.2) is 33.7 Å². The van der Waals surface area contributed by atoms with Gasteiger partial charge < -0.3 is 10.0 Å². The lowest BCUT2D eigenvalue weighted by Crippen LogP contribution is -2.24. The van der Waals surface area contributed by atoms with Crippen molar-refractivity contribution < 1.29 is 19.6 Å². The minimum atomic E-state index is -0.841. The Kier molecular flexibility index (Phi) is 4.48. The van der Waals surface area contributed by atoms with E-state index >= 15 is 0 Å². The second-order valence-electron chi connectivity index (χ2n) is 5.77. The van der Waals surface area contributed by atoms with Crippen LogP contribution in [0.3, 0.4) is 0 Å². The molecular formula is C18H13ClN2O5. The Morgan fingerprint density at radius 1 is 1.12 bits per heavy atom. The fraction of sp³-hybridized carbons (Fsp3) is 0.111. The topological polar surface area (TPSA) is 101 Å². The maximum Gasteiger partial charge on any atom is 0.295 e. The third kappa shape index (κ3) is 2.93. The second kappa shape index (κ2) is 6.61. The smallest absolute Gasteiger partial charge is 0.295 e. The lowest BCUT2D eigenvalue weighted by molar-refractivity contribution is -0.384. The highest BCUT2D eigenvalue weighted by Crippen LogP contribution is 2.38. The van der Waals surface area contributed by atoms with Gasteiger partial charge in [0.1, 0.15) is 5.76 Å². The molecule has 1 saturated heterocycles. The quantitative estimate of drug-likeness (QED) is 0.293. The first-order valence-electron chi connectivity index (χ1n) is 7.56. The molecule has 26 heavy (non-hydrogen) atoms. The lowest BCUT2D eigenvalue weighted by atomic mass is 9.95. The van der Waals surface area contributed by atoms with E-state index in [0.717, 1.165) is 0 Å². The van der Waals surface area contributed by atoms with Crippen molar-refractivity contribution in [1.82, 2.24) is 4.90 Å². The van der Waals surface area contributed by atoms with E-state index in [1.54, 1.807) is 12.1 Å². The highest BCUT2D eigenvalue weighted by Gasteiger charge is 2.44. The number of Topliss-reactive ketones (excluding diaryl/α,β-unsaturated/α-hetero) is 1. The predicted molar refractivity (Wildman–Crippen MR) is 94.6 cm³/mol. The van der Waals surface area contributed by atoms with E-state index < -0.39 is 22.7 Å². The summed E-state index contributed by atoms with van der Waals surface area (Å²) in [4.78, 5) is 36.1. The van der Waals surface area contributed by atoms with Gasteiger partial charge in [-0.2, -0.15) is 0 Å². The molecule has 7 nitrogen and oxygen atoms in total. The number of nitro groups is 1. The molecule has 1 fully saturated rings. The number of rotatable bonds is 3. The first-order chi connectivity index (χ1) is 12.3. The zero-order valence-corrected chi connectivity index (χ0v) is 14.3. The van der Waals surface area contributed by atoms with Crippen molar-refractivity contribution in [2.24, 2.45) is 0 Å². The molecule has 3 rings (SSSR count). The summed E-state index contributed by atoms with van der Waals surface area (Å²) >= 11 is 5.83. The van der Waals surface area contributed by atoms with Crippen LogP contribution >= 0.6 is 11.6 Å². The minimum Gasteiger partial charge on any atom is -0.507 e. The van der Waals surface area contributed by atoms with Crippen LogP contribution in [0, 0.1) is 10.1 Å².